The van der Waals surface area contributed by atoms with Gasteiger partial charge in [-0.15, -0.1) is 0 Å². The maximum Gasteiger partial charge on any atom is 0.306 e. The van der Waals surface area contributed by atoms with Crippen LogP contribution in [-0.2, 0) is 28.6 Å². The van der Waals surface area contributed by atoms with Gasteiger partial charge in [-0.05, 0) is 103 Å². The smallest absolute Gasteiger partial charge is 0.306 e. The highest BCUT2D eigenvalue weighted by molar-refractivity contribution is 5.71. The Labute approximate surface area is 489 Å². The summed E-state index contributed by atoms with van der Waals surface area (Å²) in [4.78, 5) is 38.2. The lowest BCUT2D eigenvalue weighted by atomic mass is 10.0. The molecule has 0 spiro atoms. The maximum atomic E-state index is 12.9. The summed E-state index contributed by atoms with van der Waals surface area (Å²) in [6, 6.07) is 0. The topological polar surface area (TPSA) is 78.9 Å². The number of carbonyl (C=O) groups excluding carboxylic acids is 3. The Morgan fingerprint density at radius 1 is 0.266 bits per heavy atom. The fourth-order valence-electron chi connectivity index (χ4n) is 9.54. The molecule has 0 saturated carbocycles. The Hall–Kier alpha value is -3.67. The van der Waals surface area contributed by atoms with Crippen LogP contribution >= 0.6 is 0 Å². The van der Waals surface area contributed by atoms with Crippen molar-refractivity contribution < 1.29 is 28.6 Å². The molecule has 0 aliphatic carbocycles. The molecule has 6 heteroatoms. The zero-order valence-electron chi connectivity index (χ0n) is 52.1. The first-order valence-electron chi connectivity index (χ1n) is 33.7. The number of unbranched alkanes of at least 4 members (excludes halogenated alkanes) is 34. The third-order valence-electron chi connectivity index (χ3n) is 14.6. The van der Waals surface area contributed by atoms with Gasteiger partial charge in [0.05, 0.1) is 0 Å². The molecule has 0 radical (unpaired) electrons. The number of allylic oxidation sites excluding steroid dienone is 16. The Morgan fingerprint density at radius 3 is 0.772 bits per heavy atom. The third kappa shape index (κ3) is 65.0. The molecule has 0 N–H and O–H groups in total. The molecular weight excluding hydrogens is 973 g/mol. The minimum atomic E-state index is -0.783. The SMILES string of the molecule is CC/C=C\C/C=C\C/C=C\C/C=C\C/C=C\CCCCCCCCCC(=O)OC(COC(=O)CCCCCCCCCCC)COC(=O)CCCCCCCCCCCCCCCC/C=C\C/C=C\C/C=C\CCCCCCC. The first-order valence-corrected chi connectivity index (χ1v) is 33.7. The van der Waals surface area contributed by atoms with Gasteiger partial charge in [0, 0.05) is 19.3 Å². The van der Waals surface area contributed by atoms with Crippen molar-refractivity contribution >= 4 is 17.9 Å². The standard InChI is InChI=1S/C73H126O6/c1-4-7-10-13-16-19-21-23-25-27-29-31-33-34-35-36-37-38-40-41-43-45-47-49-51-54-57-60-63-66-72(75)78-69-70(68-77-71(74)65-62-59-56-53-18-15-12-9-6-3)79-73(76)67-64-61-58-55-52-50-48-46-44-42-39-32-30-28-26-24-22-20-17-14-11-8-5-2/h8,11,17,20-21,23-24,26-27,29-30,32-34,42,44,70H,4-7,9-10,12-16,18-19,22,25,28,31,35-41,43,45-69H2,1-3H3/b11-8-,20-17-,23-21-,26-24-,29-27-,32-30-,34-33-,44-42-. The van der Waals surface area contributed by atoms with Crippen molar-refractivity contribution in [3.8, 4) is 0 Å². The van der Waals surface area contributed by atoms with Crippen LogP contribution in [0.4, 0.5) is 0 Å². The molecule has 0 aromatic rings. The van der Waals surface area contributed by atoms with Gasteiger partial charge in [-0.25, -0.2) is 0 Å². The van der Waals surface area contributed by atoms with Crippen LogP contribution in [0.1, 0.15) is 329 Å². The number of esters is 3. The molecule has 1 atom stereocenters. The highest BCUT2D eigenvalue weighted by Gasteiger charge is 2.19. The summed E-state index contributed by atoms with van der Waals surface area (Å²) in [6.45, 7) is 6.51. The lowest BCUT2D eigenvalue weighted by Gasteiger charge is -2.18. The molecule has 6 nitrogen and oxygen atoms in total. The lowest BCUT2D eigenvalue weighted by molar-refractivity contribution is -0.167. The van der Waals surface area contributed by atoms with E-state index >= 15 is 0 Å². The molecular formula is C73H126O6. The van der Waals surface area contributed by atoms with Crippen LogP contribution < -0.4 is 0 Å². The molecule has 0 saturated heterocycles. The summed E-state index contributed by atoms with van der Waals surface area (Å²) in [5.41, 5.74) is 0. The summed E-state index contributed by atoms with van der Waals surface area (Å²) in [6.07, 6.45) is 90.1. The lowest BCUT2D eigenvalue weighted by Crippen LogP contribution is -2.30. The van der Waals surface area contributed by atoms with E-state index in [1.54, 1.807) is 0 Å². The van der Waals surface area contributed by atoms with E-state index < -0.39 is 6.10 Å². The van der Waals surface area contributed by atoms with Crippen LogP contribution in [0.5, 0.6) is 0 Å². The maximum absolute atomic E-state index is 12.9. The largest absolute Gasteiger partial charge is 0.462 e. The van der Waals surface area contributed by atoms with Crippen molar-refractivity contribution in [1.29, 1.82) is 0 Å². The van der Waals surface area contributed by atoms with Gasteiger partial charge in [-0.1, -0.05) is 304 Å². The molecule has 454 valence electrons. The predicted molar refractivity (Wildman–Crippen MR) is 344 cm³/mol. The molecule has 0 aliphatic rings. The van der Waals surface area contributed by atoms with Crippen molar-refractivity contribution in [3.63, 3.8) is 0 Å². The summed E-state index contributed by atoms with van der Waals surface area (Å²) in [5.74, 6) is -0.883. The van der Waals surface area contributed by atoms with Crippen LogP contribution in [-0.4, -0.2) is 37.2 Å². The Balaban J connectivity index is 4.19. The Bertz CT molecular complexity index is 1540. The van der Waals surface area contributed by atoms with Crippen LogP contribution in [0.15, 0.2) is 97.2 Å². The zero-order valence-corrected chi connectivity index (χ0v) is 52.1. The van der Waals surface area contributed by atoms with Gasteiger partial charge in [0.15, 0.2) is 6.10 Å². The fraction of sp³-hybridized carbons (Fsp3) is 0.740. The summed E-state index contributed by atoms with van der Waals surface area (Å²) < 4.78 is 16.9. The molecule has 0 aromatic carbocycles. The van der Waals surface area contributed by atoms with E-state index in [1.807, 2.05) is 0 Å². The minimum absolute atomic E-state index is 0.0796. The fourth-order valence-corrected chi connectivity index (χ4v) is 9.54. The summed E-state index contributed by atoms with van der Waals surface area (Å²) >= 11 is 0. The van der Waals surface area contributed by atoms with E-state index in [-0.39, 0.29) is 31.1 Å². The van der Waals surface area contributed by atoms with Crippen LogP contribution in [0, 0.1) is 0 Å². The second kappa shape index (κ2) is 66.8. The molecule has 0 amide bonds. The van der Waals surface area contributed by atoms with Gasteiger partial charge in [0.2, 0.25) is 0 Å². The Kier molecular flexibility index (Phi) is 63.7. The van der Waals surface area contributed by atoms with Crippen molar-refractivity contribution in [2.45, 2.75) is 335 Å². The molecule has 0 bridgehead atoms. The van der Waals surface area contributed by atoms with Gasteiger partial charge in [0.25, 0.3) is 0 Å². The normalized spacial score (nSPS) is 12.7. The van der Waals surface area contributed by atoms with Gasteiger partial charge < -0.3 is 14.2 Å². The molecule has 1 unspecified atom stereocenters. The van der Waals surface area contributed by atoms with E-state index in [0.29, 0.717) is 19.3 Å². The highest BCUT2D eigenvalue weighted by atomic mass is 16.6. The van der Waals surface area contributed by atoms with Crippen LogP contribution in [0.25, 0.3) is 0 Å². The van der Waals surface area contributed by atoms with Crippen LogP contribution in [0.3, 0.4) is 0 Å². The molecule has 0 aliphatic heterocycles. The second-order valence-corrected chi connectivity index (χ2v) is 22.4. The highest BCUT2D eigenvalue weighted by Crippen LogP contribution is 2.17. The predicted octanol–water partition coefficient (Wildman–Crippen LogP) is 23.2. The van der Waals surface area contributed by atoms with Gasteiger partial charge >= 0.3 is 17.9 Å². The minimum Gasteiger partial charge on any atom is -0.462 e. The third-order valence-corrected chi connectivity index (χ3v) is 14.6. The average Bonchev–Trinajstić information content (AvgIpc) is 3.45. The quantitative estimate of drug-likeness (QED) is 0.0261. The van der Waals surface area contributed by atoms with Crippen molar-refractivity contribution in [1.82, 2.24) is 0 Å². The van der Waals surface area contributed by atoms with E-state index in [9.17, 15) is 14.4 Å². The molecule has 0 fully saturated rings. The van der Waals surface area contributed by atoms with E-state index in [1.165, 1.54) is 180 Å². The molecule has 79 heavy (non-hydrogen) atoms. The Morgan fingerprint density at radius 2 is 0.494 bits per heavy atom. The number of ether oxygens (including phenoxy) is 3. The van der Waals surface area contributed by atoms with Crippen molar-refractivity contribution in [2.24, 2.45) is 0 Å². The number of hydrogen-bond donors (Lipinski definition) is 0. The van der Waals surface area contributed by atoms with Gasteiger partial charge in [-0.2, -0.15) is 0 Å². The van der Waals surface area contributed by atoms with Crippen LogP contribution in [0.2, 0.25) is 0 Å². The van der Waals surface area contributed by atoms with E-state index in [2.05, 4.69) is 118 Å². The first-order chi connectivity index (χ1) is 39.0. The average molecular weight is 1100 g/mol. The molecule has 0 aromatic heterocycles. The van der Waals surface area contributed by atoms with Crippen molar-refractivity contribution in [2.75, 3.05) is 13.2 Å². The number of carbonyl (C=O) groups is 3. The van der Waals surface area contributed by atoms with E-state index in [4.69, 9.17) is 14.2 Å². The van der Waals surface area contributed by atoms with Gasteiger partial charge in [0.1, 0.15) is 13.2 Å². The van der Waals surface area contributed by atoms with Gasteiger partial charge in [-0.3, -0.25) is 14.4 Å². The summed E-state index contributed by atoms with van der Waals surface area (Å²) in [5, 5.41) is 0. The summed E-state index contributed by atoms with van der Waals surface area (Å²) in [7, 11) is 0. The molecule has 0 rings (SSSR count). The second-order valence-electron chi connectivity index (χ2n) is 22.4. The monoisotopic (exact) mass is 1100 g/mol. The first kappa shape index (κ1) is 75.3. The van der Waals surface area contributed by atoms with Crippen molar-refractivity contribution in [3.05, 3.63) is 97.2 Å². The number of hydrogen-bond acceptors (Lipinski definition) is 6. The van der Waals surface area contributed by atoms with E-state index in [0.717, 1.165) is 109 Å². The number of rotatable bonds is 61. The molecule has 0 heterocycles. The zero-order chi connectivity index (χ0) is 57.1.